The number of aliphatic hydroxyl groups excluding tert-OH is 1. The first-order chi connectivity index (χ1) is 13.6. The number of carbonyl (C=O) groups is 1. The molecule has 0 bridgehead atoms. The average Bonchev–Trinajstić information content (AvgIpc) is 3.03. The number of aliphatic hydroxyl groups is 1. The molecule has 2 aromatic rings. The van der Waals surface area contributed by atoms with E-state index in [0.717, 1.165) is 0 Å². The lowest BCUT2D eigenvalue weighted by Crippen LogP contribution is -2.53. The summed E-state index contributed by atoms with van der Waals surface area (Å²) in [6.07, 6.45) is -1.70. The molecule has 158 valence electrons. The summed E-state index contributed by atoms with van der Waals surface area (Å²) >= 11 is 0. The van der Waals surface area contributed by atoms with Gasteiger partial charge in [-0.25, -0.2) is 4.79 Å². The van der Waals surface area contributed by atoms with Gasteiger partial charge in [-0.2, -0.15) is 0 Å². The van der Waals surface area contributed by atoms with Crippen LogP contribution in [0.15, 0.2) is 16.5 Å². The van der Waals surface area contributed by atoms with Gasteiger partial charge in [-0.15, -0.1) is 10.2 Å². The van der Waals surface area contributed by atoms with Gasteiger partial charge >= 0.3 is 6.09 Å². The Kier molecular flexibility index (Phi) is 5.56. The Morgan fingerprint density at radius 3 is 2.66 bits per heavy atom. The van der Waals surface area contributed by atoms with Crippen LogP contribution in [0.4, 0.5) is 10.5 Å². The third-order valence-electron chi connectivity index (χ3n) is 4.29. The molecule has 3 rings (SSSR count). The van der Waals surface area contributed by atoms with Crippen LogP contribution in [0.25, 0.3) is 11.5 Å². The van der Waals surface area contributed by atoms with Crippen LogP contribution in [-0.2, 0) is 4.74 Å². The van der Waals surface area contributed by atoms with E-state index in [1.165, 1.54) is 7.11 Å². The Balaban J connectivity index is 1.89. The highest BCUT2D eigenvalue weighted by molar-refractivity contribution is 5.75. The summed E-state index contributed by atoms with van der Waals surface area (Å²) in [6, 6.07) is 2.70. The van der Waals surface area contributed by atoms with Crippen LogP contribution in [0.2, 0.25) is 0 Å². The molecule has 1 aromatic carbocycles. The molecular formula is C19H26N4O6. The SMILES string of the molecule is COc1cc2c(cc1-c1nnc(C)o1)N(C)C(O)[C@@H](NC(=O)OC(C)(C)C)CO2. The number of aryl methyl sites for hydroxylation is 1. The second-order valence-electron chi connectivity index (χ2n) is 7.73. The standard InChI is InChI=1S/C19H26N4O6/c1-10-21-22-16(28-10)11-7-13-15(8-14(11)26-6)27-9-12(17(24)23(13)5)20-18(25)29-19(2,3)4/h7-8,12,17,24H,9H2,1-6H3,(H,20,25)/t12-,17?/m0/s1. The maximum atomic E-state index is 12.1. The molecule has 0 saturated heterocycles. The second-order valence-corrected chi connectivity index (χ2v) is 7.73. The van der Waals surface area contributed by atoms with E-state index in [1.807, 2.05) is 0 Å². The first-order valence-electron chi connectivity index (χ1n) is 9.15. The highest BCUT2D eigenvalue weighted by Gasteiger charge is 2.33. The van der Waals surface area contributed by atoms with Crippen molar-refractivity contribution in [3.05, 3.63) is 18.0 Å². The summed E-state index contributed by atoms with van der Waals surface area (Å²) in [5.41, 5.74) is 0.491. The first-order valence-corrected chi connectivity index (χ1v) is 9.15. The van der Waals surface area contributed by atoms with Gasteiger partial charge in [0.15, 0.2) is 6.23 Å². The monoisotopic (exact) mass is 406 g/mol. The summed E-state index contributed by atoms with van der Waals surface area (Å²) in [5, 5.41) is 21.3. The number of fused-ring (bicyclic) bond motifs is 1. The molecule has 10 nitrogen and oxygen atoms in total. The Morgan fingerprint density at radius 1 is 1.34 bits per heavy atom. The number of nitrogens with one attached hydrogen (secondary N) is 1. The van der Waals surface area contributed by atoms with Crippen molar-refractivity contribution in [2.45, 2.75) is 45.6 Å². The van der Waals surface area contributed by atoms with Crippen molar-refractivity contribution in [3.8, 4) is 23.0 Å². The van der Waals surface area contributed by atoms with Crippen LogP contribution in [0.1, 0.15) is 26.7 Å². The number of ether oxygens (including phenoxy) is 3. The summed E-state index contributed by atoms with van der Waals surface area (Å²) in [6.45, 7) is 7.03. The largest absolute Gasteiger partial charge is 0.496 e. The third kappa shape index (κ3) is 4.53. The smallest absolute Gasteiger partial charge is 0.408 e. The number of methoxy groups -OCH3 is 1. The molecule has 29 heavy (non-hydrogen) atoms. The number of benzene rings is 1. The maximum absolute atomic E-state index is 12.1. The van der Waals surface area contributed by atoms with Crippen LogP contribution in [0, 0.1) is 6.92 Å². The highest BCUT2D eigenvalue weighted by atomic mass is 16.6. The zero-order chi connectivity index (χ0) is 21.3. The summed E-state index contributed by atoms with van der Waals surface area (Å²) in [4.78, 5) is 13.7. The van der Waals surface area contributed by atoms with Crippen molar-refractivity contribution in [2.24, 2.45) is 0 Å². The maximum Gasteiger partial charge on any atom is 0.408 e. The van der Waals surface area contributed by atoms with Gasteiger partial charge in [0.2, 0.25) is 5.89 Å². The number of hydrogen-bond donors (Lipinski definition) is 2. The van der Waals surface area contributed by atoms with Gasteiger partial charge in [0, 0.05) is 20.0 Å². The van der Waals surface area contributed by atoms with E-state index >= 15 is 0 Å². The van der Waals surface area contributed by atoms with Crippen molar-refractivity contribution in [1.29, 1.82) is 0 Å². The average molecular weight is 406 g/mol. The predicted octanol–water partition coefficient (Wildman–Crippen LogP) is 2.09. The molecule has 2 atom stereocenters. The van der Waals surface area contributed by atoms with Crippen molar-refractivity contribution in [3.63, 3.8) is 0 Å². The predicted molar refractivity (Wildman–Crippen MR) is 104 cm³/mol. The molecule has 1 amide bonds. The number of aromatic nitrogens is 2. The van der Waals surface area contributed by atoms with Gasteiger partial charge in [-0.05, 0) is 26.8 Å². The van der Waals surface area contributed by atoms with E-state index in [0.29, 0.717) is 28.6 Å². The Morgan fingerprint density at radius 2 is 2.07 bits per heavy atom. The van der Waals surface area contributed by atoms with Crippen LogP contribution in [-0.4, -0.2) is 60.0 Å². The number of carbonyl (C=O) groups excluding carboxylic acids is 1. The van der Waals surface area contributed by atoms with Crippen molar-refractivity contribution in [1.82, 2.24) is 15.5 Å². The van der Waals surface area contributed by atoms with Gasteiger partial charge in [0.1, 0.15) is 29.7 Å². The minimum absolute atomic E-state index is 0.0416. The number of anilines is 1. The number of likely N-dealkylation sites (N-methyl/N-ethyl adjacent to an activating group) is 1. The molecule has 1 unspecified atom stereocenters. The van der Waals surface area contributed by atoms with Gasteiger partial charge < -0.3 is 34.0 Å². The molecule has 0 aliphatic carbocycles. The number of rotatable bonds is 3. The fourth-order valence-corrected chi connectivity index (χ4v) is 2.94. The molecule has 0 spiro atoms. The molecule has 10 heteroatoms. The summed E-state index contributed by atoms with van der Waals surface area (Å²) < 4.78 is 22.1. The second kappa shape index (κ2) is 7.78. The lowest BCUT2D eigenvalue weighted by Gasteiger charge is -2.30. The Bertz CT molecular complexity index is 891. The lowest BCUT2D eigenvalue weighted by atomic mass is 10.1. The van der Waals surface area contributed by atoms with E-state index in [9.17, 15) is 9.90 Å². The van der Waals surface area contributed by atoms with Gasteiger partial charge in [0.25, 0.3) is 5.89 Å². The van der Waals surface area contributed by atoms with E-state index in [1.54, 1.807) is 51.8 Å². The van der Waals surface area contributed by atoms with E-state index in [2.05, 4.69) is 15.5 Å². The topological polar surface area (TPSA) is 119 Å². The number of amides is 1. The number of nitrogens with zero attached hydrogens (tertiary/aromatic N) is 3. The number of alkyl carbamates (subject to hydrolysis) is 1. The fraction of sp³-hybridized carbons (Fsp3) is 0.526. The van der Waals surface area contributed by atoms with Crippen LogP contribution < -0.4 is 19.7 Å². The Hall–Kier alpha value is -3.01. The minimum atomic E-state index is -1.06. The molecular weight excluding hydrogens is 380 g/mol. The third-order valence-corrected chi connectivity index (χ3v) is 4.29. The minimum Gasteiger partial charge on any atom is -0.496 e. The summed E-state index contributed by atoms with van der Waals surface area (Å²) in [5.74, 6) is 1.67. The molecule has 1 aliphatic heterocycles. The van der Waals surface area contributed by atoms with Crippen molar-refractivity contribution in [2.75, 3.05) is 25.7 Å². The summed E-state index contributed by atoms with van der Waals surface area (Å²) in [7, 11) is 3.22. The normalized spacial score (nSPS) is 19.1. The van der Waals surface area contributed by atoms with E-state index in [-0.39, 0.29) is 12.5 Å². The van der Waals surface area contributed by atoms with E-state index < -0.39 is 24.0 Å². The van der Waals surface area contributed by atoms with Gasteiger partial charge in [0.05, 0.1) is 18.4 Å². The van der Waals surface area contributed by atoms with Crippen molar-refractivity contribution >= 4 is 11.8 Å². The molecule has 2 heterocycles. The molecule has 1 aliphatic rings. The zero-order valence-corrected chi connectivity index (χ0v) is 17.3. The molecule has 0 fully saturated rings. The van der Waals surface area contributed by atoms with E-state index in [4.69, 9.17) is 18.6 Å². The van der Waals surface area contributed by atoms with Crippen LogP contribution >= 0.6 is 0 Å². The van der Waals surface area contributed by atoms with Crippen LogP contribution in [0.3, 0.4) is 0 Å². The quantitative estimate of drug-likeness (QED) is 0.789. The highest BCUT2D eigenvalue weighted by Crippen LogP contribution is 2.41. The first kappa shape index (κ1) is 20.7. The number of hydrogen-bond acceptors (Lipinski definition) is 9. The molecule has 0 saturated carbocycles. The molecule has 1 aromatic heterocycles. The Labute approximate surface area is 168 Å². The lowest BCUT2D eigenvalue weighted by molar-refractivity contribution is 0.0386. The van der Waals surface area contributed by atoms with Gasteiger partial charge in [-0.3, -0.25) is 0 Å². The molecule has 0 radical (unpaired) electrons. The fourth-order valence-electron chi connectivity index (χ4n) is 2.94. The van der Waals surface area contributed by atoms with Gasteiger partial charge in [-0.1, -0.05) is 0 Å². The van der Waals surface area contributed by atoms with Crippen molar-refractivity contribution < 1.29 is 28.5 Å². The van der Waals surface area contributed by atoms with Crippen LogP contribution in [0.5, 0.6) is 11.5 Å². The molecule has 2 N–H and O–H groups in total. The zero-order valence-electron chi connectivity index (χ0n) is 17.3.